The molecule has 0 radical (unpaired) electrons. The van der Waals surface area contributed by atoms with Crippen LogP contribution in [-0.4, -0.2) is 36.6 Å². The Morgan fingerprint density at radius 1 is 1.32 bits per heavy atom. The Bertz CT molecular complexity index is 597. The number of ether oxygens (including phenoxy) is 2. The number of rotatable bonds is 7. The Hall–Kier alpha value is -2.29. The zero-order valence-corrected chi connectivity index (χ0v) is 13.2. The van der Waals surface area contributed by atoms with Crippen molar-refractivity contribution >= 4 is 11.9 Å². The number of halogens is 3. The first-order valence-corrected chi connectivity index (χ1v) is 7.67. The Kier molecular flexibility index (Phi) is 6.24. The number of carboxylic acids is 1. The third-order valence-corrected chi connectivity index (χ3v) is 3.73. The third-order valence-electron chi connectivity index (χ3n) is 3.73. The molecule has 2 unspecified atom stereocenters. The summed E-state index contributed by atoms with van der Waals surface area (Å²) in [7, 11) is 0. The molecule has 1 amide bonds. The van der Waals surface area contributed by atoms with Gasteiger partial charge >= 0.3 is 12.3 Å². The molecule has 1 heterocycles. The third kappa shape index (κ3) is 6.61. The molecule has 2 atom stereocenters. The summed E-state index contributed by atoms with van der Waals surface area (Å²) < 4.78 is 45.5. The minimum Gasteiger partial charge on any atom is -0.481 e. The van der Waals surface area contributed by atoms with E-state index in [1.165, 1.54) is 12.1 Å². The zero-order valence-electron chi connectivity index (χ0n) is 13.2. The van der Waals surface area contributed by atoms with E-state index in [0.29, 0.717) is 18.8 Å². The molecule has 138 valence electrons. The molecule has 6 nitrogen and oxygen atoms in total. The SMILES string of the molecule is O=C(O)CC(NC(=O)CC1CCOC1)c1ccc(OC(F)(F)F)cc1. The molecular weight excluding hydrogens is 343 g/mol. The van der Waals surface area contributed by atoms with Crippen LogP contribution < -0.4 is 10.1 Å². The number of nitrogens with one attached hydrogen (secondary N) is 1. The number of hydrogen-bond acceptors (Lipinski definition) is 4. The van der Waals surface area contributed by atoms with E-state index in [-0.39, 0.29) is 24.7 Å². The van der Waals surface area contributed by atoms with Crippen LogP contribution in [0.5, 0.6) is 5.75 Å². The van der Waals surface area contributed by atoms with E-state index in [4.69, 9.17) is 9.84 Å². The van der Waals surface area contributed by atoms with Crippen LogP contribution in [0.15, 0.2) is 24.3 Å². The molecule has 0 bridgehead atoms. The molecule has 1 aliphatic rings. The van der Waals surface area contributed by atoms with Gasteiger partial charge in [0.15, 0.2) is 0 Å². The first kappa shape index (κ1) is 19.0. The Balaban J connectivity index is 2.02. The van der Waals surface area contributed by atoms with E-state index in [2.05, 4.69) is 10.1 Å². The van der Waals surface area contributed by atoms with Gasteiger partial charge in [0.25, 0.3) is 0 Å². The van der Waals surface area contributed by atoms with Crippen LogP contribution in [0.1, 0.15) is 30.9 Å². The number of benzene rings is 1. The molecular formula is C16H18F3NO5. The van der Waals surface area contributed by atoms with Crippen LogP contribution in [-0.2, 0) is 14.3 Å². The highest BCUT2D eigenvalue weighted by molar-refractivity contribution is 5.78. The van der Waals surface area contributed by atoms with Gasteiger partial charge in [0.1, 0.15) is 5.75 Å². The molecule has 2 N–H and O–H groups in total. The monoisotopic (exact) mass is 361 g/mol. The number of hydrogen-bond donors (Lipinski definition) is 2. The van der Waals surface area contributed by atoms with Crippen molar-refractivity contribution in [2.24, 2.45) is 5.92 Å². The van der Waals surface area contributed by atoms with Crippen LogP contribution in [0.4, 0.5) is 13.2 Å². The predicted molar refractivity (Wildman–Crippen MR) is 79.8 cm³/mol. The van der Waals surface area contributed by atoms with Gasteiger partial charge in [-0.25, -0.2) is 0 Å². The summed E-state index contributed by atoms with van der Waals surface area (Å²) in [6.45, 7) is 1.08. The molecule has 0 spiro atoms. The second-order valence-corrected chi connectivity index (χ2v) is 5.77. The van der Waals surface area contributed by atoms with Crippen molar-refractivity contribution in [3.63, 3.8) is 0 Å². The van der Waals surface area contributed by atoms with Gasteiger partial charge in [-0.3, -0.25) is 9.59 Å². The van der Waals surface area contributed by atoms with Gasteiger partial charge in [-0.1, -0.05) is 12.1 Å². The molecule has 0 saturated carbocycles. The predicted octanol–water partition coefficient (Wildman–Crippen LogP) is 2.64. The summed E-state index contributed by atoms with van der Waals surface area (Å²) in [4.78, 5) is 23.1. The van der Waals surface area contributed by atoms with Crippen LogP contribution in [0.25, 0.3) is 0 Å². The first-order valence-electron chi connectivity index (χ1n) is 7.67. The van der Waals surface area contributed by atoms with E-state index >= 15 is 0 Å². The highest BCUT2D eigenvalue weighted by atomic mass is 19.4. The largest absolute Gasteiger partial charge is 0.573 e. The molecule has 0 aliphatic carbocycles. The Morgan fingerprint density at radius 2 is 2.00 bits per heavy atom. The summed E-state index contributed by atoms with van der Waals surface area (Å²) in [6.07, 6.45) is -4.21. The minimum atomic E-state index is -4.81. The number of carboxylic acid groups (broad SMARTS) is 1. The van der Waals surface area contributed by atoms with Crippen LogP contribution >= 0.6 is 0 Å². The van der Waals surface area contributed by atoms with Crippen LogP contribution in [0.3, 0.4) is 0 Å². The summed E-state index contributed by atoms with van der Waals surface area (Å²) in [5, 5.41) is 11.6. The van der Waals surface area contributed by atoms with Crippen molar-refractivity contribution in [2.75, 3.05) is 13.2 Å². The lowest BCUT2D eigenvalue weighted by molar-refractivity contribution is -0.274. The fourth-order valence-corrected chi connectivity index (χ4v) is 2.59. The standard InChI is InChI=1S/C16H18F3NO5/c17-16(18,19)25-12-3-1-11(2-4-12)13(8-15(22)23)20-14(21)7-10-5-6-24-9-10/h1-4,10,13H,5-9H2,(H,20,21)(H,22,23). The highest BCUT2D eigenvalue weighted by Crippen LogP contribution is 2.26. The van der Waals surface area contributed by atoms with Gasteiger partial charge < -0.3 is 19.9 Å². The maximum atomic E-state index is 12.2. The molecule has 25 heavy (non-hydrogen) atoms. The number of alkyl halides is 3. The summed E-state index contributed by atoms with van der Waals surface area (Å²) in [5.41, 5.74) is 0.382. The topological polar surface area (TPSA) is 84.9 Å². The van der Waals surface area contributed by atoms with Gasteiger partial charge in [0.05, 0.1) is 12.5 Å². The lowest BCUT2D eigenvalue weighted by Gasteiger charge is -2.19. The maximum Gasteiger partial charge on any atom is 0.573 e. The summed E-state index contributed by atoms with van der Waals surface area (Å²) >= 11 is 0. The minimum absolute atomic E-state index is 0.0908. The molecule has 0 aromatic heterocycles. The Morgan fingerprint density at radius 3 is 2.52 bits per heavy atom. The van der Waals surface area contributed by atoms with Crippen molar-refractivity contribution in [1.82, 2.24) is 5.32 Å². The molecule has 1 aromatic carbocycles. The second kappa shape index (κ2) is 8.19. The van der Waals surface area contributed by atoms with Gasteiger partial charge in [-0.15, -0.1) is 13.2 Å². The van der Waals surface area contributed by atoms with Crippen molar-refractivity contribution in [1.29, 1.82) is 0 Å². The fourth-order valence-electron chi connectivity index (χ4n) is 2.59. The van der Waals surface area contributed by atoms with Crippen molar-refractivity contribution in [2.45, 2.75) is 31.7 Å². The molecule has 1 saturated heterocycles. The van der Waals surface area contributed by atoms with Crippen LogP contribution in [0.2, 0.25) is 0 Å². The molecule has 9 heteroatoms. The molecule has 1 aliphatic heterocycles. The average Bonchev–Trinajstić information content (AvgIpc) is 2.98. The van der Waals surface area contributed by atoms with Crippen molar-refractivity contribution in [3.05, 3.63) is 29.8 Å². The van der Waals surface area contributed by atoms with E-state index in [1.54, 1.807) is 0 Å². The number of carbonyl (C=O) groups excluding carboxylic acids is 1. The van der Waals surface area contributed by atoms with E-state index in [0.717, 1.165) is 18.6 Å². The lowest BCUT2D eigenvalue weighted by Crippen LogP contribution is -2.31. The van der Waals surface area contributed by atoms with Gasteiger partial charge in [-0.2, -0.15) is 0 Å². The van der Waals surface area contributed by atoms with Crippen LogP contribution in [0, 0.1) is 5.92 Å². The summed E-state index contributed by atoms with van der Waals surface area (Å²) in [5.74, 6) is -1.78. The zero-order chi connectivity index (χ0) is 18.4. The van der Waals surface area contributed by atoms with E-state index in [1.807, 2.05) is 0 Å². The first-order chi connectivity index (χ1) is 11.7. The van der Waals surface area contributed by atoms with E-state index in [9.17, 15) is 22.8 Å². The second-order valence-electron chi connectivity index (χ2n) is 5.77. The van der Waals surface area contributed by atoms with E-state index < -0.39 is 24.1 Å². The van der Waals surface area contributed by atoms with Gasteiger partial charge in [0, 0.05) is 19.6 Å². The average molecular weight is 361 g/mol. The maximum absolute atomic E-state index is 12.2. The molecule has 1 fully saturated rings. The quantitative estimate of drug-likeness (QED) is 0.780. The lowest BCUT2D eigenvalue weighted by atomic mass is 10.0. The molecule has 1 aromatic rings. The smallest absolute Gasteiger partial charge is 0.481 e. The number of carbonyl (C=O) groups is 2. The van der Waals surface area contributed by atoms with Crippen molar-refractivity contribution < 1.29 is 37.3 Å². The Labute approximate surface area is 141 Å². The number of amides is 1. The number of aliphatic carboxylic acids is 1. The van der Waals surface area contributed by atoms with Crippen molar-refractivity contribution in [3.8, 4) is 5.75 Å². The highest BCUT2D eigenvalue weighted by Gasteiger charge is 2.31. The fraction of sp³-hybridized carbons (Fsp3) is 0.500. The summed E-state index contributed by atoms with van der Waals surface area (Å²) in [6, 6.07) is 3.91. The molecule has 2 rings (SSSR count). The van der Waals surface area contributed by atoms with Gasteiger partial charge in [0.2, 0.25) is 5.91 Å². The van der Waals surface area contributed by atoms with Gasteiger partial charge in [-0.05, 0) is 30.0 Å². The normalized spacial score (nSPS) is 18.6.